The summed E-state index contributed by atoms with van der Waals surface area (Å²) in [6.07, 6.45) is -3.82. The second-order valence-corrected chi connectivity index (χ2v) is 4.30. The molecule has 22 heavy (non-hydrogen) atoms. The molecule has 0 saturated heterocycles. The Labute approximate surface area is 121 Å². The molecule has 0 aliphatic heterocycles. The van der Waals surface area contributed by atoms with Crippen molar-refractivity contribution in [1.82, 2.24) is 4.98 Å². The number of benzene rings is 1. The van der Waals surface area contributed by atoms with Gasteiger partial charge in [0.05, 0.1) is 28.9 Å². The van der Waals surface area contributed by atoms with Crippen LogP contribution in [0.5, 0.6) is 0 Å². The Morgan fingerprint density at radius 3 is 2.27 bits per heavy atom. The average molecular weight is 318 g/mol. The van der Waals surface area contributed by atoms with Gasteiger partial charge >= 0.3 is 12.4 Å². The van der Waals surface area contributed by atoms with Crippen LogP contribution in [-0.4, -0.2) is 11.5 Å². The van der Waals surface area contributed by atoms with Crippen LogP contribution in [0.15, 0.2) is 24.4 Å². The Morgan fingerprint density at radius 1 is 1.09 bits per heavy atom. The molecule has 0 aliphatic carbocycles. The van der Waals surface area contributed by atoms with Gasteiger partial charge in [-0.25, -0.2) is 0 Å². The van der Waals surface area contributed by atoms with Gasteiger partial charge in [0, 0.05) is 11.6 Å². The van der Waals surface area contributed by atoms with E-state index in [4.69, 9.17) is 6.42 Å². The van der Waals surface area contributed by atoms with E-state index in [0.29, 0.717) is 0 Å². The first kappa shape index (κ1) is 15.9. The molecular formula is C14H8F6N2. The van der Waals surface area contributed by atoms with Gasteiger partial charge < -0.3 is 5.32 Å². The highest BCUT2D eigenvalue weighted by atomic mass is 19.4. The third-order valence-electron chi connectivity index (χ3n) is 2.87. The fraction of sp³-hybridized carbons (Fsp3) is 0.214. The molecule has 0 aliphatic rings. The maximum atomic E-state index is 13.1. The predicted octanol–water partition coefficient (Wildman–Crippen LogP) is 4.32. The number of nitrogens with zero attached hydrogens (tertiary/aromatic N) is 1. The van der Waals surface area contributed by atoms with Crippen LogP contribution in [0.3, 0.4) is 0 Å². The van der Waals surface area contributed by atoms with Crippen LogP contribution >= 0.6 is 0 Å². The van der Waals surface area contributed by atoms with Crippen molar-refractivity contribution in [1.29, 1.82) is 0 Å². The number of rotatable bonds is 2. The Kier molecular flexibility index (Phi) is 3.92. The largest absolute Gasteiger partial charge is 0.418 e. The van der Waals surface area contributed by atoms with Gasteiger partial charge in [0.15, 0.2) is 0 Å². The monoisotopic (exact) mass is 318 g/mol. The predicted molar refractivity (Wildman–Crippen MR) is 69.1 cm³/mol. The van der Waals surface area contributed by atoms with Gasteiger partial charge in [-0.05, 0) is 12.1 Å². The lowest BCUT2D eigenvalue weighted by Crippen LogP contribution is -2.16. The second kappa shape index (κ2) is 5.40. The van der Waals surface area contributed by atoms with Crippen molar-refractivity contribution >= 4 is 16.6 Å². The first-order chi connectivity index (χ1) is 10.2. The lowest BCUT2D eigenvalue weighted by molar-refractivity contribution is -0.141. The van der Waals surface area contributed by atoms with Gasteiger partial charge in [0.2, 0.25) is 0 Å². The van der Waals surface area contributed by atoms with Crippen molar-refractivity contribution in [3.8, 4) is 12.3 Å². The highest BCUT2D eigenvalue weighted by Gasteiger charge is 2.40. The third kappa shape index (κ3) is 2.93. The van der Waals surface area contributed by atoms with Gasteiger partial charge in [-0.1, -0.05) is 12.0 Å². The number of anilines is 1. The van der Waals surface area contributed by atoms with Crippen molar-refractivity contribution in [2.24, 2.45) is 0 Å². The quantitative estimate of drug-likeness (QED) is 0.659. The lowest BCUT2D eigenvalue weighted by Gasteiger charge is -2.19. The van der Waals surface area contributed by atoms with Crippen LogP contribution in [-0.2, 0) is 12.4 Å². The number of fused-ring (bicyclic) bond motifs is 1. The number of terminal acetylenes is 1. The second-order valence-electron chi connectivity index (χ2n) is 4.30. The molecule has 0 fully saturated rings. The van der Waals surface area contributed by atoms with E-state index in [1.807, 2.05) is 0 Å². The first-order valence-corrected chi connectivity index (χ1v) is 5.89. The molecule has 0 saturated carbocycles. The van der Waals surface area contributed by atoms with Crippen LogP contribution in [0, 0.1) is 12.3 Å². The van der Waals surface area contributed by atoms with E-state index in [1.54, 1.807) is 0 Å². The summed E-state index contributed by atoms with van der Waals surface area (Å²) in [5.41, 5.74) is -3.84. The molecule has 8 heteroatoms. The topological polar surface area (TPSA) is 24.9 Å². The zero-order valence-electron chi connectivity index (χ0n) is 10.8. The molecular weight excluding hydrogens is 310 g/mol. The Bertz CT molecular complexity index is 740. The van der Waals surface area contributed by atoms with E-state index in [0.717, 1.165) is 12.3 Å². The van der Waals surface area contributed by atoms with Gasteiger partial charge in [-0.3, -0.25) is 4.98 Å². The van der Waals surface area contributed by atoms with Gasteiger partial charge in [-0.2, -0.15) is 26.3 Å². The molecule has 0 spiro atoms. The SMILES string of the molecule is C#CCNc1c(C(F)(F)F)cc(C(F)(F)F)c2cccnc12. The van der Waals surface area contributed by atoms with Crippen molar-refractivity contribution < 1.29 is 26.3 Å². The summed E-state index contributed by atoms with van der Waals surface area (Å²) in [5.74, 6) is 2.08. The van der Waals surface area contributed by atoms with Crippen LogP contribution < -0.4 is 5.32 Å². The summed E-state index contributed by atoms with van der Waals surface area (Å²) >= 11 is 0. The minimum atomic E-state index is -4.98. The molecule has 1 N–H and O–H groups in total. The van der Waals surface area contributed by atoms with Gasteiger partial charge in [0.25, 0.3) is 0 Å². The molecule has 116 valence electrons. The zero-order valence-corrected chi connectivity index (χ0v) is 10.8. The Hall–Kier alpha value is -2.43. The van der Waals surface area contributed by atoms with Crippen molar-refractivity contribution in [2.45, 2.75) is 12.4 Å². The third-order valence-corrected chi connectivity index (χ3v) is 2.87. The lowest BCUT2D eigenvalue weighted by atomic mass is 10.0. The molecule has 2 aromatic rings. The van der Waals surface area contributed by atoms with Crippen molar-refractivity contribution in [3.05, 3.63) is 35.5 Å². The summed E-state index contributed by atoms with van der Waals surface area (Å²) < 4.78 is 78.3. The van der Waals surface area contributed by atoms with Gasteiger partial charge in [-0.15, -0.1) is 6.42 Å². The molecule has 1 aromatic heterocycles. The summed E-state index contributed by atoms with van der Waals surface area (Å²) in [7, 11) is 0. The molecule has 0 unspecified atom stereocenters. The summed E-state index contributed by atoms with van der Waals surface area (Å²) in [5, 5.41) is 1.88. The summed E-state index contributed by atoms with van der Waals surface area (Å²) in [6.45, 7) is -0.278. The minimum Gasteiger partial charge on any atom is -0.372 e. The van der Waals surface area contributed by atoms with Crippen LogP contribution in [0.2, 0.25) is 0 Å². The Morgan fingerprint density at radius 2 is 1.73 bits per heavy atom. The Balaban J connectivity index is 2.88. The maximum absolute atomic E-state index is 13.1. The van der Waals surface area contributed by atoms with Crippen LogP contribution in [0.25, 0.3) is 10.9 Å². The van der Waals surface area contributed by atoms with Crippen molar-refractivity contribution in [3.63, 3.8) is 0 Å². The van der Waals surface area contributed by atoms with E-state index in [2.05, 4.69) is 16.2 Å². The summed E-state index contributed by atoms with van der Waals surface area (Å²) in [4.78, 5) is 3.65. The number of alkyl halides is 6. The molecule has 0 bridgehead atoms. The average Bonchev–Trinajstić information content (AvgIpc) is 2.41. The zero-order chi connectivity index (χ0) is 16.5. The number of halogens is 6. The standard InChI is InChI=1S/C14H8F6N2/c1-2-5-21-12-10(14(18,19)20)7-9(13(15,16)17)8-4-3-6-22-11(8)12/h1,3-4,6-7,21H,5H2. The minimum absolute atomic E-state index is 0.0723. The van der Waals surface area contributed by atoms with E-state index in [1.165, 1.54) is 6.07 Å². The number of hydrogen-bond acceptors (Lipinski definition) is 2. The highest BCUT2D eigenvalue weighted by Crippen LogP contribution is 2.44. The smallest absolute Gasteiger partial charge is 0.372 e. The first-order valence-electron chi connectivity index (χ1n) is 5.89. The van der Waals surface area contributed by atoms with E-state index < -0.39 is 40.1 Å². The van der Waals surface area contributed by atoms with Crippen LogP contribution in [0.4, 0.5) is 32.0 Å². The highest BCUT2D eigenvalue weighted by molar-refractivity contribution is 5.95. The van der Waals surface area contributed by atoms with E-state index in [9.17, 15) is 26.3 Å². The van der Waals surface area contributed by atoms with E-state index in [-0.39, 0.29) is 12.6 Å². The van der Waals surface area contributed by atoms with Crippen molar-refractivity contribution in [2.75, 3.05) is 11.9 Å². The van der Waals surface area contributed by atoms with Crippen LogP contribution in [0.1, 0.15) is 11.1 Å². The number of nitrogens with one attached hydrogen (secondary N) is 1. The molecule has 0 radical (unpaired) electrons. The summed E-state index contributed by atoms with van der Waals surface area (Å²) in [6, 6.07) is 2.35. The molecule has 1 heterocycles. The fourth-order valence-electron chi connectivity index (χ4n) is 2.02. The molecule has 2 nitrogen and oxygen atoms in total. The number of hydrogen-bond donors (Lipinski definition) is 1. The molecule has 0 atom stereocenters. The molecule has 2 rings (SSSR count). The van der Waals surface area contributed by atoms with Gasteiger partial charge in [0.1, 0.15) is 0 Å². The normalized spacial score (nSPS) is 12.2. The number of pyridine rings is 1. The molecule has 0 amide bonds. The van der Waals surface area contributed by atoms with E-state index >= 15 is 0 Å². The fourth-order valence-corrected chi connectivity index (χ4v) is 2.02. The number of aromatic nitrogens is 1. The maximum Gasteiger partial charge on any atom is 0.418 e. The molecule has 1 aromatic carbocycles.